The molecular formula is C18H19FN4O. The summed E-state index contributed by atoms with van der Waals surface area (Å²) in [6, 6.07) is 8.88. The minimum atomic E-state index is -1.13. The fourth-order valence-corrected chi connectivity index (χ4v) is 2.86. The summed E-state index contributed by atoms with van der Waals surface area (Å²) in [7, 11) is 0. The lowest BCUT2D eigenvalue weighted by atomic mass is 10.1. The maximum absolute atomic E-state index is 14.6. The number of benzene rings is 1. The van der Waals surface area contributed by atoms with E-state index in [1.807, 2.05) is 18.7 Å². The first-order chi connectivity index (χ1) is 11.6. The van der Waals surface area contributed by atoms with Gasteiger partial charge in [-0.25, -0.2) is 14.4 Å². The van der Waals surface area contributed by atoms with Gasteiger partial charge < -0.3 is 9.64 Å². The molecule has 0 radical (unpaired) electrons. The first-order valence-corrected chi connectivity index (χ1v) is 7.93. The molecule has 2 atom stereocenters. The molecule has 0 bridgehead atoms. The van der Waals surface area contributed by atoms with E-state index in [0.29, 0.717) is 30.1 Å². The van der Waals surface area contributed by atoms with Crippen LogP contribution in [0.5, 0.6) is 5.75 Å². The first-order valence-electron chi connectivity index (χ1n) is 7.93. The molecule has 6 heteroatoms. The minimum Gasteiger partial charge on any atom is -0.487 e. The van der Waals surface area contributed by atoms with Gasteiger partial charge in [0, 0.05) is 24.7 Å². The standard InChI is InChI=1S/C18H19FN4O/c1-12-10-21-13(2)22-18(12)23-7-6-17(16(19)11-23)24-15-5-3-4-14(8-15)9-20/h3-5,8,10,16-17H,6-7,11H2,1-2H3/t16-,17+/m1/s1. The van der Waals surface area contributed by atoms with E-state index >= 15 is 0 Å². The Hall–Kier alpha value is -2.68. The second-order valence-corrected chi connectivity index (χ2v) is 5.97. The number of nitriles is 1. The van der Waals surface area contributed by atoms with Crippen LogP contribution in [0.15, 0.2) is 30.5 Å². The van der Waals surface area contributed by atoms with Crippen LogP contribution in [-0.2, 0) is 0 Å². The summed E-state index contributed by atoms with van der Waals surface area (Å²) < 4.78 is 20.4. The predicted molar refractivity (Wildman–Crippen MR) is 88.8 cm³/mol. The Morgan fingerprint density at radius 1 is 1.38 bits per heavy atom. The van der Waals surface area contributed by atoms with Crippen molar-refractivity contribution >= 4 is 5.82 Å². The van der Waals surface area contributed by atoms with Crippen molar-refractivity contribution in [1.29, 1.82) is 5.26 Å². The summed E-state index contributed by atoms with van der Waals surface area (Å²) in [6.45, 7) is 4.66. The van der Waals surface area contributed by atoms with Gasteiger partial charge >= 0.3 is 0 Å². The third-order valence-corrected chi connectivity index (χ3v) is 4.10. The van der Waals surface area contributed by atoms with Gasteiger partial charge in [-0.15, -0.1) is 0 Å². The molecule has 0 aliphatic carbocycles. The molecule has 24 heavy (non-hydrogen) atoms. The van der Waals surface area contributed by atoms with Gasteiger partial charge in [0.25, 0.3) is 0 Å². The number of alkyl halides is 1. The normalized spacial score (nSPS) is 20.5. The topological polar surface area (TPSA) is 62.0 Å². The number of ether oxygens (including phenoxy) is 1. The van der Waals surface area contributed by atoms with Gasteiger partial charge in [0.1, 0.15) is 23.5 Å². The third-order valence-electron chi connectivity index (χ3n) is 4.10. The van der Waals surface area contributed by atoms with Gasteiger partial charge in [0.2, 0.25) is 0 Å². The zero-order chi connectivity index (χ0) is 17.1. The SMILES string of the molecule is Cc1ncc(C)c(N2CC[C@H](Oc3cccc(C#N)c3)[C@H](F)C2)n1. The van der Waals surface area contributed by atoms with Crippen LogP contribution in [-0.4, -0.2) is 35.3 Å². The number of aromatic nitrogens is 2. The molecule has 5 nitrogen and oxygen atoms in total. The molecule has 0 unspecified atom stereocenters. The molecule has 1 aliphatic rings. The van der Waals surface area contributed by atoms with Crippen molar-refractivity contribution in [3.63, 3.8) is 0 Å². The fraction of sp³-hybridized carbons (Fsp3) is 0.389. The maximum atomic E-state index is 14.6. The van der Waals surface area contributed by atoms with Gasteiger partial charge in [-0.1, -0.05) is 6.07 Å². The van der Waals surface area contributed by atoms with E-state index < -0.39 is 12.3 Å². The number of hydrogen-bond donors (Lipinski definition) is 0. The van der Waals surface area contributed by atoms with Crippen LogP contribution in [0.1, 0.15) is 23.4 Å². The summed E-state index contributed by atoms with van der Waals surface area (Å²) in [5.41, 5.74) is 1.45. The molecule has 1 fully saturated rings. The zero-order valence-corrected chi connectivity index (χ0v) is 13.7. The molecule has 0 saturated carbocycles. The Morgan fingerprint density at radius 3 is 2.96 bits per heavy atom. The van der Waals surface area contributed by atoms with Crippen molar-refractivity contribution in [2.24, 2.45) is 0 Å². The fourth-order valence-electron chi connectivity index (χ4n) is 2.86. The molecule has 2 heterocycles. The second-order valence-electron chi connectivity index (χ2n) is 5.97. The smallest absolute Gasteiger partial charge is 0.154 e. The Balaban J connectivity index is 1.69. The summed E-state index contributed by atoms with van der Waals surface area (Å²) in [5.74, 6) is 2.00. The van der Waals surface area contributed by atoms with Crippen LogP contribution in [0.4, 0.5) is 10.2 Å². The van der Waals surface area contributed by atoms with Crippen molar-refractivity contribution in [3.05, 3.63) is 47.4 Å². The summed E-state index contributed by atoms with van der Waals surface area (Å²) >= 11 is 0. The van der Waals surface area contributed by atoms with Gasteiger partial charge in [0.05, 0.1) is 18.2 Å². The average Bonchev–Trinajstić information content (AvgIpc) is 2.59. The number of halogens is 1. The lowest BCUT2D eigenvalue weighted by Gasteiger charge is -2.36. The Morgan fingerprint density at radius 2 is 2.21 bits per heavy atom. The highest BCUT2D eigenvalue weighted by Crippen LogP contribution is 2.26. The maximum Gasteiger partial charge on any atom is 0.154 e. The minimum absolute atomic E-state index is 0.236. The van der Waals surface area contributed by atoms with E-state index in [2.05, 4.69) is 16.0 Å². The van der Waals surface area contributed by atoms with Crippen molar-refractivity contribution in [2.75, 3.05) is 18.0 Å². The zero-order valence-electron chi connectivity index (χ0n) is 13.7. The highest BCUT2D eigenvalue weighted by atomic mass is 19.1. The number of nitrogens with zero attached hydrogens (tertiary/aromatic N) is 4. The van der Waals surface area contributed by atoms with E-state index in [-0.39, 0.29) is 6.54 Å². The van der Waals surface area contributed by atoms with Gasteiger partial charge in [-0.05, 0) is 32.0 Å². The lowest BCUT2D eigenvalue weighted by molar-refractivity contribution is 0.0818. The van der Waals surface area contributed by atoms with Crippen LogP contribution >= 0.6 is 0 Å². The Bertz CT molecular complexity index is 774. The van der Waals surface area contributed by atoms with E-state index in [1.54, 1.807) is 30.5 Å². The van der Waals surface area contributed by atoms with Gasteiger partial charge in [-0.3, -0.25) is 0 Å². The first kappa shape index (κ1) is 16.2. The third kappa shape index (κ3) is 3.46. The highest BCUT2D eigenvalue weighted by Gasteiger charge is 2.32. The molecule has 2 aromatic rings. The molecule has 1 saturated heterocycles. The molecular weight excluding hydrogens is 307 g/mol. The second kappa shape index (κ2) is 6.83. The van der Waals surface area contributed by atoms with E-state index in [0.717, 1.165) is 11.4 Å². The highest BCUT2D eigenvalue weighted by molar-refractivity contribution is 5.46. The van der Waals surface area contributed by atoms with Crippen LogP contribution in [0, 0.1) is 25.2 Å². The number of piperidine rings is 1. The Labute approximate surface area is 140 Å². The molecule has 0 spiro atoms. The predicted octanol–water partition coefficient (Wildman–Crippen LogP) is 2.96. The van der Waals surface area contributed by atoms with Crippen LogP contribution in [0.3, 0.4) is 0 Å². The van der Waals surface area contributed by atoms with E-state index in [9.17, 15) is 4.39 Å². The molecule has 1 aromatic heterocycles. The summed E-state index contributed by atoms with van der Waals surface area (Å²) in [5, 5.41) is 8.93. The summed E-state index contributed by atoms with van der Waals surface area (Å²) in [6.07, 6.45) is 0.680. The summed E-state index contributed by atoms with van der Waals surface area (Å²) in [4.78, 5) is 10.5. The Kier molecular flexibility index (Phi) is 4.61. The number of rotatable bonds is 3. The van der Waals surface area contributed by atoms with Crippen molar-refractivity contribution in [3.8, 4) is 11.8 Å². The quantitative estimate of drug-likeness (QED) is 0.868. The largest absolute Gasteiger partial charge is 0.487 e. The number of aryl methyl sites for hydroxylation is 2. The number of anilines is 1. The lowest BCUT2D eigenvalue weighted by Crippen LogP contribution is -2.47. The number of hydrogen-bond acceptors (Lipinski definition) is 5. The van der Waals surface area contributed by atoms with Crippen molar-refractivity contribution < 1.29 is 9.13 Å². The molecule has 124 valence electrons. The van der Waals surface area contributed by atoms with Gasteiger partial charge in [0.15, 0.2) is 6.17 Å². The monoisotopic (exact) mass is 326 g/mol. The van der Waals surface area contributed by atoms with Crippen LogP contribution in [0.2, 0.25) is 0 Å². The van der Waals surface area contributed by atoms with E-state index in [4.69, 9.17) is 10.00 Å². The molecule has 0 N–H and O–H groups in total. The van der Waals surface area contributed by atoms with Crippen molar-refractivity contribution in [1.82, 2.24) is 9.97 Å². The molecule has 0 amide bonds. The molecule has 3 rings (SSSR count). The molecule has 1 aromatic carbocycles. The van der Waals surface area contributed by atoms with Gasteiger partial charge in [-0.2, -0.15) is 5.26 Å². The van der Waals surface area contributed by atoms with Crippen LogP contribution < -0.4 is 9.64 Å². The molecule has 1 aliphatic heterocycles. The van der Waals surface area contributed by atoms with E-state index in [1.165, 1.54) is 0 Å². The van der Waals surface area contributed by atoms with Crippen molar-refractivity contribution in [2.45, 2.75) is 32.5 Å². The average molecular weight is 326 g/mol. The van der Waals surface area contributed by atoms with Crippen LogP contribution in [0.25, 0.3) is 0 Å².